The van der Waals surface area contributed by atoms with Gasteiger partial charge < -0.3 is 10.3 Å². The number of imidazole rings is 1. The van der Waals surface area contributed by atoms with Crippen LogP contribution in [0.2, 0.25) is 0 Å². The van der Waals surface area contributed by atoms with Crippen molar-refractivity contribution < 1.29 is 4.79 Å². The number of amides is 1. The Balaban J connectivity index is 1.80. The number of fused-ring (bicyclic) bond motifs is 2. The van der Waals surface area contributed by atoms with Crippen molar-refractivity contribution in [1.29, 1.82) is 0 Å². The van der Waals surface area contributed by atoms with Crippen LogP contribution in [-0.2, 0) is 6.42 Å². The number of pyridine rings is 1. The van der Waals surface area contributed by atoms with Crippen LogP contribution in [-0.4, -0.2) is 27.4 Å². The standard InChI is InChI=1S/C18H18N4O/c1-18(2)8-14-15(17(23)20-10-18)22-16(21-14)12-7-11-5-3-4-6-13(11)19-9-12/h3-7,9H,8,10H2,1-2H3,(H,20,23)(H,21,22). The molecule has 0 atom stereocenters. The number of rotatable bonds is 1. The van der Waals surface area contributed by atoms with Gasteiger partial charge in [-0.1, -0.05) is 32.0 Å². The fourth-order valence-electron chi connectivity index (χ4n) is 3.01. The lowest BCUT2D eigenvalue weighted by Gasteiger charge is -2.21. The average Bonchev–Trinajstić information content (AvgIpc) is 2.91. The lowest BCUT2D eigenvalue weighted by atomic mass is 9.88. The van der Waals surface area contributed by atoms with Crippen molar-refractivity contribution in [2.24, 2.45) is 5.41 Å². The van der Waals surface area contributed by atoms with E-state index >= 15 is 0 Å². The molecule has 1 aliphatic heterocycles. The highest BCUT2D eigenvalue weighted by Crippen LogP contribution is 2.28. The number of nitrogens with zero attached hydrogens (tertiary/aromatic N) is 2. The highest BCUT2D eigenvalue weighted by molar-refractivity contribution is 5.94. The predicted molar refractivity (Wildman–Crippen MR) is 89.1 cm³/mol. The van der Waals surface area contributed by atoms with E-state index in [4.69, 9.17) is 0 Å². The van der Waals surface area contributed by atoms with E-state index in [2.05, 4.69) is 34.1 Å². The summed E-state index contributed by atoms with van der Waals surface area (Å²) in [6.45, 7) is 4.93. The molecule has 1 aromatic carbocycles. The molecular formula is C18H18N4O. The van der Waals surface area contributed by atoms with Crippen molar-refractivity contribution in [3.8, 4) is 11.4 Å². The highest BCUT2D eigenvalue weighted by atomic mass is 16.1. The van der Waals surface area contributed by atoms with Gasteiger partial charge in [0.05, 0.1) is 5.52 Å². The third kappa shape index (κ3) is 2.48. The second-order valence-corrected chi connectivity index (χ2v) is 6.85. The largest absolute Gasteiger partial charge is 0.350 e. The summed E-state index contributed by atoms with van der Waals surface area (Å²) in [5.41, 5.74) is 3.24. The van der Waals surface area contributed by atoms with Crippen LogP contribution >= 0.6 is 0 Å². The van der Waals surface area contributed by atoms with E-state index < -0.39 is 0 Å². The Morgan fingerprint density at radius 3 is 2.91 bits per heavy atom. The number of aromatic nitrogens is 3. The van der Waals surface area contributed by atoms with E-state index in [-0.39, 0.29) is 11.3 Å². The summed E-state index contributed by atoms with van der Waals surface area (Å²) < 4.78 is 0. The van der Waals surface area contributed by atoms with E-state index in [0.717, 1.165) is 28.6 Å². The predicted octanol–water partition coefficient (Wildman–Crippen LogP) is 2.94. The molecule has 0 radical (unpaired) electrons. The molecule has 0 spiro atoms. The van der Waals surface area contributed by atoms with Gasteiger partial charge in [-0.25, -0.2) is 4.98 Å². The zero-order valence-electron chi connectivity index (χ0n) is 13.2. The van der Waals surface area contributed by atoms with Gasteiger partial charge in [0.25, 0.3) is 5.91 Å². The third-order valence-electron chi connectivity index (χ3n) is 4.24. The van der Waals surface area contributed by atoms with Gasteiger partial charge in [0.15, 0.2) is 0 Å². The van der Waals surface area contributed by atoms with Gasteiger partial charge in [0, 0.05) is 29.4 Å². The monoisotopic (exact) mass is 306 g/mol. The maximum absolute atomic E-state index is 12.2. The Labute approximate surface area is 134 Å². The third-order valence-corrected chi connectivity index (χ3v) is 4.24. The van der Waals surface area contributed by atoms with E-state index in [0.29, 0.717) is 18.1 Å². The van der Waals surface area contributed by atoms with Gasteiger partial charge in [-0.15, -0.1) is 0 Å². The van der Waals surface area contributed by atoms with Crippen LogP contribution in [0, 0.1) is 5.41 Å². The van der Waals surface area contributed by atoms with E-state index in [1.54, 1.807) is 6.20 Å². The van der Waals surface area contributed by atoms with Crippen LogP contribution in [0.5, 0.6) is 0 Å². The molecule has 1 aliphatic rings. The average molecular weight is 306 g/mol. The molecule has 0 saturated carbocycles. The van der Waals surface area contributed by atoms with Crippen LogP contribution in [0.1, 0.15) is 30.0 Å². The smallest absolute Gasteiger partial charge is 0.271 e. The summed E-state index contributed by atoms with van der Waals surface area (Å²) >= 11 is 0. The highest BCUT2D eigenvalue weighted by Gasteiger charge is 2.30. The van der Waals surface area contributed by atoms with Crippen LogP contribution in [0.15, 0.2) is 36.5 Å². The fourth-order valence-corrected chi connectivity index (χ4v) is 3.01. The second kappa shape index (κ2) is 4.91. The first kappa shape index (κ1) is 13.9. The molecule has 116 valence electrons. The Morgan fingerprint density at radius 2 is 2.04 bits per heavy atom. The number of hydrogen-bond acceptors (Lipinski definition) is 3. The normalized spacial score (nSPS) is 16.7. The minimum Gasteiger partial charge on any atom is -0.350 e. The molecule has 0 saturated heterocycles. The van der Waals surface area contributed by atoms with Gasteiger partial charge in [0.1, 0.15) is 11.5 Å². The molecule has 2 aromatic heterocycles. The number of carbonyl (C=O) groups excluding carboxylic acids is 1. The molecule has 1 amide bonds. The minimum atomic E-state index is -0.109. The molecule has 5 nitrogen and oxygen atoms in total. The maximum atomic E-state index is 12.2. The molecule has 0 aliphatic carbocycles. The summed E-state index contributed by atoms with van der Waals surface area (Å²) in [7, 11) is 0. The first-order chi connectivity index (χ1) is 11.0. The van der Waals surface area contributed by atoms with Crippen molar-refractivity contribution in [2.45, 2.75) is 20.3 Å². The minimum absolute atomic E-state index is 0.00630. The Morgan fingerprint density at radius 1 is 1.22 bits per heavy atom. The van der Waals surface area contributed by atoms with Crippen molar-refractivity contribution in [2.75, 3.05) is 6.54 Å². The number of H-pyrrole nitrogens is 1. The van der Waals surface area contributed by atoms with E-state index in [9.17, 15) is 4.79 Å². The molecule has 0 unspecified atom stereocenters. The summed E-state index contributed by atoms with van der Waals surface area (Å²) in [5.74, 6) is 0.586. The van der Waals surface area contributed by atoms with Gasteiger partial charge in [0.2, 0.25) is 0 Å². The summed E-state index contributed by atoms with van der Waals surface area (Å²) in [5, 5.41) is 4.01. The summed E-state index contributed by atoms with van der Waals surface area (Å²) in [4.78, 5) is 24.6. The SMILES string of the molecule is CC1(C)CNC(=O)c2nc(-c3cnc4ccccc4c3)[nH]c2C1. The van der Waals surface area contributed by atoms with Crippen LogP contribution in [0.25, 0.3) is 22.3 Å². The molecule has 3 heterocycles. The maximum Gasteiger partial charge on any atom is 0.271 e. The number of hydrogen-bond donors (Lipinski definition) is 2. The van der Waals surface area contributed by atoms with E-state index in [1.807, 2.05) is 30.3 Å². The zero-order chi connectivity index (χ0) is 16.0. The van der Waals surface area contributed by atoms with Gasteiger partial charge in [-0.3, -0.25) is 9.78 Å². The Hall–Kier alpha value is -2.69. The molecule has 23 heavy (non-hydrogen) atoms. The fraction of sp³-hybridized carbons (Fsp3) is 0.278. The summed E-state index contributed by atoms with van der Waals surface area (Å²) in [6.07, 6.45) is 2.58. The lowest BCUT2D eigenvalue weighted by Crippen LogP contribution is -2.32. The quantitative estimate of drug-likeness (QED) is 0.726. The number of aromatic amines is 1. The molecule has 2 N–H and O–H groups in total. The second-order valence-electron chi connectivity index (χ2n) is 6.85. The number of benzene rings is 1. The molecular weight excluding hydrogens is 288 g/mol. The lowest BCUT2D eigenvalue weighted by molar-refractivity contribution is 0.0940. The topological polar surface area (TPSA) is 70.7 Å². The Kier molecular flexibility index (Phi) is 2.98. The van der Waals surface area contributed by atoms with Gasteiger partial charge in [-0.05, 0) is 24.0 Å². The summed E-state index contributed by atoms with van der Waals surface area (Å²) in [6, 6.07) is 10.0. The first-order valence-electron chi connectivity index (χ1n) is 7.74. The van der Waals surface area contributed by atoms with Crippen molar-refractivity contribution in [3.63, 3.8) is 0 Å². The van der Waals surface area contributed by atoms with Crippen molar-refractivity contribution in [1.82, 2.24) is 20.3 Å². The molecule has 0 fully saturated rings. The molecule has 0 bridgehead atoms. The van der Waals surface area contributed by atoms with Gasteiger partial charge >= 0.3 is 0 Å². The van der Waals surface area contributed by atoms with E-state index in [1.165, 1.54) is 0 Å². The molecule has 3 aromatic rings. The molecule has 4 rings (SSSR count). The van der Waals surface area contributed by atoms with Crippen molar-refractivity contribution >= 4 is 16.8 Å². The molecule has 5 heteroatoms. The zero-order valence-corrected chi connectivity index (χ0v) is 13.2. The van der Waals surface area contributed by atoms with Crippen LogP contribution in [0.3, 0.4) is 0 Å². The van der Waals surface area contributed by atoms with Gasteiger partial charge in [-0.2, -0.15) is 0 Å². The number of nitrogens with one attached hydrogen (secondary N) is 2. The first-order valence-corrected chi connectivity index (χ1v) is 7.74. The van der Waals surface area contributed by atoms with Crippen molar-refractivity contribution in [3.05, 3.63) is 47.9 Å². The number of carbonyl (C=O) groups is 1. The van der Waals surface area contributed by atoms with Crippen LogP contribution in [0.4, 0.5) is 0 Å². The Bertz CT molecular complexity index is 910. The number of para-hydroxylation sites is 1. The van der Waals surface area contributed by atoms with Crippen LogP contribution < -0.4 is 5.32 Å².